The van der Waals surface area contributed by atoms with Gasteiger partial charge in [0.05, 0.1) is 31.6 Å². The lowest BCUT2D eigenvalue weighted by atomic mass is 10.4. The summed E-state index contributed by atoms with van der Waals surface area (Å²) >= 11 is 1.57. The van der Waals surface area contributed by atoms with Crippen LogP contribution in [0, 0.1) is 0 Å². The lowest BCUT2D eigenvalue weighted by Crippen LogP contribution is -2.24. The van der Waals surface area contributed by atoms with Crippen LogP contribution in [0.1, 0.15) is 6.92 Å². The molecular weight excluding hydrogens is 240 g/mol. The first-order chi connectivity index (χ1) is 8.11. The van der Waals surface area contributed by atoms with Gasteiger partial charge in [-0.1, -0.05) is 0 Å². The van der Waals surface area contributed by atoms with E-state index in [0.29, 0.717) is 19.0 Å². The minimum atomic E-state index is -0.473. The Kier molecular flexibility index (Phi) is 6.57. The molecule has 1 heterocycles. The predicted octanol–water partition coefficient (Wildman–Crippen LogP) is 0.925. The van der Waals surface area contributed by atoms with Gasteiger partial charge in [-0.2, -0.15) is 5.10 Å². The second kappa shape index (κ2) is 7.71. The maximum atomic E-state index is 9.72. The van der Waals surface area contributed by atoms with Crippen LogP contribution in [0.2, 0.25) is 0 Å². The number of hydrogen-bond acceptors (Lipinski definition) is 5. The van der Waals surface area contributed by atoms with Gasteiger partial charge in [0, 0.05) is 31.0 Å². The van der Waals surface area contributed by atoms with Gasteiger partial charge in [-0.15, -0.1) is 11.8 Å². The molecule has 0 aliphatic carbocycles. The van der Waals surface area contributed by atoms with Gasteiger partial charge < -0.3 is 14.6 Å². The molecule has 0 amide bonds. The summed E-state index contributed by atoms with van der Waals surface area (Å²) in [6.45, 7) is 2.80. The number of nitrogens with zero attached hydrogens (tertiary/aromatic N) is 2. The van der Waals surface area contributed by atoms with Crippen LogP contribution in [-0.4, -0.2) is 53.2 Å². The van der Waals surface area contributed by atoms with E-state index in [0.717, 1.165) is 4.90 Å². The van der Waals surface area contributed by atoms with Crippen molar-refractivity contribution in [3.63, 3.8) is 0 Å². The molecular formula is C11H20N2O3S. The Balaban J connectivity index is 2.14. The lowest BCUT2D eigenvalue weighted by molar-refractivity contribution is -0.0257. The molecule has 17 heavy (non-hydrogen) atoms. The smallest absolute Gasteiger partial charge is 0.0867 e. The Hall–Kier alpha value is -0.560. The largest absolute Gasteiger partial charge is 0.390 e. The number of hydrogen-bond donors (Lipinski definition) is 1. The third-order valence-corrected chi connectivity index (χ3v) is 3.19. The van der Waals surface area contributed by atoms with Crippen molar-refractivity contribution in [2.45, 2.75) is 24.0 Å². The third kappa shape index (κ3) is 6.07. The standard InChI is InChI=1S/C11H20N2O3S/c1-9(6-15-3)16-7-10(14)8-17-11-4-12-13(2)5-11/h4-5,9-10,14H,6-8H2,1-3H3. The summed E-state index contributed by atoms with van der Waals surface area (Å²) in [5, 5.41) is 13.8. The molecule has 6 heteroatoms. The Morgan fingerprint density at radius 1 is 1.53 bits per heavy atom. The van der Waals surface area contributed by atoms with Gasteiger partial charge in [-0.25, -0.2) is 0 Å². The quantitative estimate of drug-likeness (QED) is 0.705. The molecule has 1 rings (SSSR count). The number of methoxy groups -OCH3 is 1. The zero-order valence-electron chi connectivity index (χ0n) is 10.5. The first kappa shape index (κ1) is 14.5. The van der Waals surface area contributed by atoms with Gasteiger partial charge in [0.15, 0.2) is 0 Å². The Morgan fingerprint density at radius 3 is 2.88 bits per heavy atom. The van der Waals surface area contributed by atoms with E-state index in [4.69, 9.17) is 9.47 Å². The van der Waals surface area contributed by atoms with Crippen LogP contribution >= 0.6 is 11.8 Å². The van der Waals surface area contributed by atoms with E-state index < -0.39 is 6.10 Å². The molecule has 1 aromatic rings. The first-order valence-electron chi connectivity index (χ1n) is 5.52. The second-order valence-electron chi connectivity index (χ2n) is 3.91. The predicted molar refractivity (Wildman–Crippen MR) is 67.2 cm³/mol. The monoisotopic (exact) mass is 260 g/mol. The highest BCUT2D eigenvalue weighted by molar-refractivity contribution is 7.99. The van der Waals surface area contributed by atoms with E-state index in [1.54, 1.807) is 29.8 Å². The van der Waals surface area contributed by atoms with Gasteiger partial charge in [0.1, 0.15) is 0 Å². The SMILES string of the molecule is COCC(C)OCC(O)CSc1cnn(C)c1. The number of aliphatic hydroxyl groups is 1. The summed E-state index contributed by atoms with van der Waals surface area (Å²) < 4.78 is 12.1. The Morgan fingerprint density at radius 2 is 2.29 bits per heavy atom. The Bertz CT molecular complexity index is 319. The van der Waals surface area contributed by atoms with Gasteiger partial charge >= 0.3 is 0 Å². The van der Waals surface area contributed by atoms with Crippen LogP contribution in [0.4, 0.5) is 0 Å². The third-order valence-electron chi connectivity index (χ3n) is 2.10. The fourth-order valence-corrected chi connectivity index (χ4v) is 2.10. The number of ether oxygens (including phenoxy) is 2. The highest BCUT2D eigenvalue weighted by Crippen LogP contribution is 2.17. The number of aliphatic hydroxyl groups excluding tert-OH is 1. The molecule has 2 unspecified atom stereocenters. The number of aromatic nitrogens is 2. The molecule has 0 bridgehead atoms. The van der Waals surface area contributed by atoms with Crippen molar-refractivity contribution in [1.82, 2.24) is 9.78 Å². The zero-order chi connectivity index (χ0) is 12.7. The molecule has 0 aliphatic heterocycles. The van der Waals surface area contributed by atoms with E-state index in [2.05, 4.69) is 5.10 Å². The molecule has 2 atom stereocenters. The normalized spacial score (nSPS) is 14.8. The molecule has 5 nitrogen and oxygen atoms in total. The van der Waals surface area contributed by atoms with Gasteiger partial charge in [-0.3, -0.25) is 4.68 Å². The molecule has 0 fully saturated rings. The number of rotatable bonds is 8. The molecule has 0 radical (unpaired) electrons. The molecule has 0 aromatic carbocycles. The Labute approximate surface area is 106 Å². The van der Waals surface area contributed by atoms with Crippen molar-refractivity contribution in [2.75, 3.05) is 26.1 Å². The lowest BCUT2D eigenvalue weighted by Gasteiger charge is -2.15. The van der Waals surface area contributed by atoms with Crippen LogP contribution in [0.25, 0.3) is 0 Å². The minimum absolute atomic E-state index is 0.0121. The minimum Gasteiger partial charge on any atom is -0.390 e. The average Bonchev–Trinajstić information content (AvgIpc) is 2.70. The summed E-state index contributed by atoms with van der Waals surface area (Å²) in [4.78, 5) is 1.05. The fraction of sp³-hybridized carbons (Fsp3) is 0.727. The van der Waals surface area contributed by atoms with Crippen molar-refractivity contribution in [1.29, 1.82) is 0 Å². The molecule has 0 aliphatic rings. The highest BCUT2D eigenvalue weighted by Gasteiger charge is 2.09. The van der Waals surface area contributed by atoms with Crippen molar-refractivity contribution < 1.29 is 14.6 Å². The highest BCUT2D eigenvalue weighted by atomic mass is 32.2. The van der Waals surface area contributed by atoms with Crippen LogP contribution in [-0.2, 0) is 16.5 Å². The van der Waals surface area contributed by atoms with Gasteiger partial charge in [0.2, 0.25) is 0 Å². The van der Waals surface area contributed by atoms with Crippen LogP contribution < -0.4 is 0 Å². The maximum Gasteiger partial charge on any atom is 0.0867 e. The molecule has 0 saturated carbocycles. The van der Waals surface area contributed by atoms with Gasteiger partial charge in [-0.05, 0) is 6.92 Å². The molecule has 1 aromatic heterocycles. The summed E-state index contributed by atoms with van der Waals surface area (Å²) in [5.41, 5.74) is 0. The van der Waals surface area contributed by atoms with Crippen molar-refractivity contribution >= 4 is 11.8 Å². The molecule has 0 spiro atoms. The van der Waals surface area contributed by atoms with Crippen molar-refractivity contribution in [2.24, 2.45) is 7.05 Å². The first-order valence-corrected chi connectivity index (χ1v) is 6.50. The van der Waals surface area contributed by atoms with Gasteiger partial charge in [0.25, 0.3) is 0 Å². The van der Waals surface area contributed by atoms with Crippen molar-refractivity contribution in [3.8, 4) is 0 Å². The van der Waals surface area contributed by atoms with E-state index in [1.807, 2.05) is 20.2 Å². The summed E-state index contributed by atoms with van der Waals surface area (Å²) in [6, 6.07) is 0. The number of thioether (sulfide) groups is 1. The summed E-state index contributed by atoms with van der Waals surface area (Å²) in [5.74, 6) is 0.603. The summed E-state index contributed by atoms with van der Waals surface area (Å²) in [7, 11) is 3.50. The number of aryl methyl sites for hydroxylation is 1. The van der Waals surface area contributed by atoms with E-state index in [1.165, 1.54) is 0 Å². The van der Waals surface area contributed by atoms with E-state index in [9.17, 15) is 5.11 Å². The maximum absolute atomic E-state index is 9.72. The fourth-order valence-electron chi connectivity index (χ4n) is 1.27. The van der Waals surface area contributed by atoms with Crippen molar-refractivity contribution in [3.05, 3.63) is 12.4 Å². The summed E-state index contributed by atoms with van der Waals surface area (Å²) in [6.07, 6.45) is 3.25. The van der Waals surface area contributed by atoms with Crippen LogP contribution in [0.15, 0.2) is 17.3 Å². The van der Waals surface area contributed by atoms with Crippen LogP contribution in [0.3, 0.4) is 0 Å². The molecule has 1 N–H and O–H groups in total. The molecule has 98 valence electrons. The second-order valence-corrected chi connectivity index (χ2v) is 5.01. The topological polar surface area (TPSA) is 56.5 Å². The van der Waals surface area contributed by atoms with E-state index in [-0.39, 0.29) is 6.10 Å². The van der Waals surface area contributed by atoms with Crippen LogP contribution in [0.5, 0.6) is 0 Å². The van der Waals surface area contributed by atoms with E-state index >= 15 is 0 Å². The zero-order valence-corrected chi connectivity index (χ0v) is 11.3. The molecule has 0 saturated heterocycles. The average molecular weight is 260 g/mol.